The van der Waals surface area contributed by atoms with E-state index in [9.17, 15) is 0 Å². The molecule has 1 nitrogen and oxygen atoms in total. The Kier molecular flexibility index (Phi) is 2.75. The molecule has 1 aromatic heterocycles. The van der Waals surface area contributed by atoms with Gasteiger partial charge >= 0.3 is 0 Å². The minimum atomic E-state index is 0.851. The van der Waals surface area contributed by atoms with Crippen LogP contribution in [0.25, 0.3) is 10.6 Å². The van der Waals surface area contributed by atoms with Gasteiger partial charge in [0.05, 0.1) is 5.69 Å². The van der Waals surface area contributed by atoms with E-state index in [2.05, 4.69) is 29.1 Å². The van der Waals surface area contributed by atoms with Gasteiger partial charge in [-0.05, 0) is 0 Å². The van der Waals surface area contributed by atoms with E-state index >= 15 is 0 Å². The summed E-state index contributed by atoms with van der Waals surface area (Å²) >= 11 is 1.68. The fourth-order valence-electron chi connectivity index (χ4n) is 1.26. The van der Waals surface area contributed by atoms with E-state index in [1.165, 1.54) is 5.56 Å². The molecule has 0 bridgehead atoms. The largest absolute Gasteiger partial charge is 0.241 e. The standard InChI is InChI=1S/C12H11NS/c1-2-6-11-9-14-12(13-11)10-7-4-3-5-8-10/h2-5,7-9H,1,6H2. The maximum atomic E-state index is 4.52. The Labute approximate surface area is 87.8 Å². The molecule has 70 valence electrons. The number of hydrogen-bond donors (Lipinski definition) is 0. The molecule has 14 heavy (non-hydrogen) atoms. The Morgan fingerprint density at radius 3 is 2.79 bits per heavy atom. The molecule has 0 spiro atoms. The Morgan fingerprint density at radius 2 is 2.07 bits per heavy atom. The molecular weight excluding hydrogens is 190 g/mol. The number of allylic oxidation sites excluding steroid dienone is 1. The van der Waals surface area contributed by atoms with Gasteiger partial charge in [0.1, 0.15) is 5.01 Å². The zero-order valence-electron chi connectivity index (χ0n) is 7.81. The zero-order chi connectivity index (χ0) is 9.80. The summed E-state index contributed by atoms with van der Waals surface area (Å²) in [5.41, 5.74) is 2.29. The second kappa shape index (κ2) is 4.20. The Hall–Kier alpha value is -1.41. The van der Waals surface area contributed by atoms with E-state index in [1.54, 1.807) is 11.3 Å². The van der Waals surface area contributed by atoms with Gasteiger partial charge in [-0.25, -0.2) is 4.98 Å². The summed E-state index contributed by atoms with van der Waals surface area (Å²) in [4.78, 5) is 4.52. The molecule has 1 heterocycles. The van der Waals surface area contributed by atoms with Crippen LogP contribution in [0.15, 0.2) is 48.4 Å². The van der Waals surface area contributed by atoms with Crippen molar-refractivity contribution in [2.45, 2.75) is 6.42 Å². The molecule has 0 aliphatic heterocycles. The predicted molar refractivity (Wildman–Crippen MR) is 61.5 cm³/mol. The van der Waals surface area contributed by atoms with Gasteiger partial charge in [0, 0.05) is 17.4 Å². The third kappa shape index (κ3) is 1.91. The minimum absolute atomic E-state index is 0.851. The van der Waals surface area contributed by atoms with Gasteiger partial charge in [0.15, 0.2) is 0 Å². The van der Waals surface area contributed by atoms with Gasteiger partial charge in [-0.2, -0.15) is 0 Å². The van der Waals surface area contributed by atoms with Crippen molar-refractivity contribution in [1.82, 2.24) is 4.98 Å². The summed E-state index contributed by atoms with van der Waals surface area (Å²) < 4.78 is 0. The van der Waals surface area contributed by atoms with Crippen molar-refractivity contribution in [3.05, 3.63) is 54.1 Å². The number of benzene rings is 1. The van der Waals surface area contributed by atoms with Gasteiger partial charge in [-0.15, -0.1) is 17.9 Å². The van der Waals surface area contributed by atoms with Crippen LogP contribution >= 0.6 is 11.3 Å². The molecule has 2 rings (SSSR count). The molecule has 0 N–H and O–H groups in total. The lowest BCUT2D eigenvalue weighted by molar-refractivity contribution is 1.16. The lowest BCUT2D eigenvalue weighted by Crippen LogP contribution is -1.80. The molecule has 0 aliphatic rings. The topological polar surface area (TPSA) is 12.9 Å². The fraction of sp³-hybridized carbons (Fsp3) is 0.0833. The van der Waals surface area contributed by atoms with E-state index in [-0.39, 0.29) is 0 Å². The average Bonchev–Trinajstić information content (AvgIpc) is 2.68. The molecule has 0 saturated heterocycles. The number of aromatic nitrogens is 1. The van der Waals surface area contributed by atoms with Crippen LogP contribution in [0.5, 0.6) is 0 Å². The van der Waals surface area contributed by atoms with Crippen LogP contribution in [0.3, 0.4) is 0 Å². The van der Waals surface area contributed by atoms with E-state index in [0.717, 1.165) is 17.1 Å². The molecule has 0 fully saturated rings. The van der Waals surface area contributed by atoms with Gasteiger partial charge in [-0.1, -0.05) is 36.4 Å². The highest BCUT2D eigenvalue weighted by molar-refractivity contribution is 7.13. The quantitative estimate of drug-likeness (QED) is 0.692. The van der Waals surface area contributed by atoms with Crippen molar-refractivity contribution >= 4 is 11.3 Å². The molecule has 0 amide bonds. The maximum absolute atomic E-state index is 4.52. The van der Waals surface area contributed by atoms with Crippen molar-refractivity contribution < 1.29 is 0 Å². The summed E-state index contributed by atoms with van der Waals surface area (Å²) in [5, 5.41) is 3.17. The molecule has 1 aromatic carbocycles. The third-order valence-corrected chi connectivity index (χ3v) is 2.87. The second-order valence-electron chi connectivity index (χ2n) is 3.00. The van der Waals surface area contributed by atoms with Gasteiger partial charge in [0.25, 0.3) is 0 Å². The number of rotatable bonds is 3. The third-order valence-electron chi connectivity index (χ3n) is 1.93. The van der Waals surface area contributed by atoms with Crippen molar-refractivity contribution in [3.8, 4) is 10.6 Å². The predicted octanol–water partition coefficient (Wildman–Crippen LogP) is 3.54. The van der Waals surface area contributed by atoms with Gasteiger partial charge < -0.3 is 0 Å². The Bertz CT molecular complexity index is 417. The van der Waals surface area contributed by atoms with Crippen LogP contribution in [-0.2, 0) is 6.42 Å². The summed E-state index contributed by atoms with van der Waals surface area (Å²) in [7, 11) is 0. The van der Waals surface area contributed by atoms with E-state index < -0.39 is 0 Å². The van der Waals surface area contributed by atoms with E-state index in [0.29, 0.717) is 0 Å². The van der Waals surface area contributed by atoms with Crippen LogP contribution in [0.4, 0.5) is 0 Å². The lowest BCUT2D eigenvalue weighted by atomic mass is 10.2. The van der Waals surface area contributed by atoms with Crippen molar-refractivity contribution in [3.63, 3.8) is 0 Å². The van der Waals surface area contributed by atoms with Crippen molar-refractivity contribution in [2.24, 2.45) is 0 Å². The Morgan fingerprint density at radius 1 is 1.29 bits per heavy atom. The molecule has 2 heteroatoms. The molecule has 0 unspecified atom stereocenters. The highest BCUT2D eigenvalue weighted by atomic mass is 32.1. The van der Waals surface area contributed by atoms with E-state index in [4.69, 9.17) is 0 Å². The van der Waals surface area contributed by atoms with Crippen molar-refractivity contribution in [1.29, 1.82) is 0 Å². The summed E-state index contributed by atoms with van der Waals surface area (Å²) in [5.74, 6) is 0. The zero-order valence-corrected chi connectivity index (χ0v) is 8.63. The average molecular weight is 201 g/mol. The normalized spacial score (nSPS) is 10.0. The molecule has 2 aromatic rings. The first-order valence-corrected chi connectivity index (χ1v) is 5.39. The van der Waals surface area contributed by atoms with E-state index in [1.807, 2.05) is 24.3 Å². The summed E-state index contributed by atoms with van der Waals surface area (Å²) in [6, 6.07) is 10.2. The minimum Gasteiger partial charge on any atom is -0.241 e. The second-order valence-corrected chi connectivity index (χ2v) is 3.86. The van der Waals surface area contributed by atoms with Crippen LogP contribution in [0.1, 0.15) is 5.69 Å². The monoisotopic (exact) mass is 201 g/mol. The smallest absolute Gasteiger partial charge is 0.123 e. The summed E-state index contributed by atoms with van der Waals surface area (Å²) in [6.07, 6.45) is 2.73. The number of hydrogen-bond acceptors (Lipinski definition) is 2. The molecule has 0 radical (unpaired) electrons. The van der Waals surface area contributed by atoms with Crippen LogP contribution in [0, 0.1) is 0 Å². The number of thiazole rings is 1. The molecule has 0 saturated carbocycles. The highest BCUT2D eigenvalue weighted by Gasteiger charge is 2.01. The van der Waals surface area contributed by atoms with Crippen LogP contribution < -0.4 is 0 Å². The first-order valence-electron chi connectivity index (χ1n) is 4.51. The first-order chi connectivity index (χ1) is 6.90. The Balaban J connectivity index is 2.29. The summed E-state index contributed by atoms with van der Waals surface area (Å²) in [6.45, 7) is 3.70. The first kappa shape index (κ1) is 9.16. The van der Waals surface area contributed by atoms with Gasteiger partial charge in [-0.3, -0.25) is 0 Å². The SMILES string of the molecule is C=CCc1csc(-c2ccccc2)n1. The molecule has 0 aliphatic carbocycles. The van der Waals surface area contributed by atoms with Crippen LogP contribution in [0.2, 0.25) is 0 Å². The lowest BCUT2D eigenvalue weighted by Gasteiger charge is -1.93. The molecular formula is C12H11NS. The highest BCUT2D eigenvalue weighted by Crippen LogP contribution is 2.23. The number of nitrogens with zero attached hydrogens (tertiary/aromatic N) is 1. The van der Waals surface area contributed by atoms with Crippen molar-refractivity contribution in [2.75, 3.05) is 0 Å². The fourth-order valence-corrected chi connectivity index (χ4v) is 2.10. The van der Waals surface area contributed by atoms with Gasteiger partial charge in [0.2, 0.25) is 0 Å². The van der Waals surface area contributed by atoms with Crippen LogP contribution in [-0.4, -0.2) is 4.98 Å². The molecule has 0 atom stereocenters. The maximum Gasteiger partial charge on any atom is 0.123 e.